The molecule has 0 aromatic heterocycles. The minimum atomic E-state index is -3.46. The summed E-state index contributed by atoms with van der Waals surface area (Å²) in [6.45, 7) is 8.27. The fourth-order valence-electron chi connectivity index (χ4n) is 1.72. The first kappa shape index (κ1) is 17.7. The molecule has 1 aromatic carbocycles. The van der Waals surface area contributed by atoms with Crippen molar-refractivity contribution in [1.82, 2.24) is 4.72 Å². The molecule has 0 heterocycles. The second-order valence-electron chi connectivity index (χ2n) is 6.21. The van der Waals surface area contributed by atoms with Crippen molar-refractivity contribution in [2.45, 2.75) is 45.4 Å². The molecule has 6 heteroatoms. The van der Waals surface area contributed by atoms with Crippen molar-refractivity contribution in [3.8, 4) is 0 Å². The second-order valence-corrected chi connectivity index (χ2v) is 7.97. The van der Waals surface area contributed by atoms with Gasteiger partial charge in [-0.15, -0.1) is 0 Å². The second kappa shape index (κ2) is 7.04. The Hall–Kier alpha value is -1.40. The van der Waals surface area contributed by atoms with E-state index in [-0.39, 0.29) is 16.2 Å². The summed E-state index contributed by atoms with van der Waals surface area (Å²) in [5.74, 6) is -0.0813. The van der Waals surface area contributed by atoms with Crippen molar-refractivity contribution in [1.29, 1.82) is 0 Å². The molecular formula is C15H24N2O3S. The van der Waals surface area contributed by atoms with Gasteiger partial charge in [0.2, 0.25) is 15.9 Å². The number of nitrogens with one attached hydrogen (secondary N) is 2. The number of benzene rings is 1. The topological polar surface area (TPSA) is 75.3 Å². The van der Waals surface area contributed by atoms with Crippen molar-refractivity contribution in [3.63, 3.8) is 0 Å². The molecule has 0 aliphatic rings. The van der Waals surface area contributed by atoms with E-state index >= 15 is 0 Å². The molecule has 0 fully saturated rings. The van der Waals surface area contributed by atoms with Gasteiger partial charge in [-0.1, -0.05) is 27.7 Å². The molecule has 0 spiro atoms. The lowest BCUT2D eigenvalue weighted by Crippen LogP contribution is -2.24. The first-order valence-electron chi connectivity index (χ1n) is 7.03. The molecule has 1 aromatic rings. The predicted molar refractivity (Wildman–Crippen MR) is 84.6 cm³/mol. The Bertz CT molecular complexity index is 572. The molecule has 1 amide bonds. The minimum Gasteiger partial charge on any atom is -0.326 e. The number of anilines is 1. The summed E-state index contributed by atoms with van der Waals surface area (Å²) in [6.07, 6.45) is 1.14. The van der Waals surface area contributed by atoms with Crippen molar-refractivity contribution in [2.75, 3.05) is 11.9 Å². The van der Waals surface area contributed by atoms with Gasteiger partial charge in [0.25, 0.3) is 0 Å². The van der Waals surface area contributed by atoms with Gasteiger partial charge in [0.05, 0.1) is 4.90 Å². The van der Waals surface area contributed by atoms with Gasteiger partial charge in [-0.05, 0) is 36.1 Å². The fraction of sp³-hybridized carbons (Fsp3) is 0.533. The molecule has 5 nitrogen and oxygen atoms in total. The maximum Gasteiger partial charge on any atom is 0.240 e. The van der Waals surface area contributed by atoms with Crippen molar-refractivity contribution in [3.05, 3.63) is 24.3 Å². The number of carbonyl (C=O) groups is 1. The van der Waals surface area contributed by atoms with E-state index in [1.165, 1.54) is 12.1 Å². The van der Waals surface area contributed by atoms with Crippen molar-refractivity contribution in [2.24, 2.45) is 5.41 Å². The lowest BCUT2D eigenvalue weighted by Gasteiger charge is -2.17. The maximum atomic E-state index is 11.9. The van der Waals surface area contributed by atoms with E-state index in [0.29, 0.717) is 18.7 Å². The van der Waals surface area contributed by atoms with Crippen LogP contribution in [0, 0.1) is 5.41 Å². The van der Waals surface area contributed by atoms with Crippen LogP contribution in [0.2, 0.25) is 0 Å². The highest BCUT2D eigenvalue weighted by atomic mass is 32.2. The Balaban J connectivity index is 2.73. The Kier molecular flexibility index (Phi) is 5.92. The Morgan fingerprint density at radius 3 is 2.19 bits per heavy atom. The molecule has 0 bridgehead atoms. The maximum absolute atomic E-state index is 11.9. The molecule has 0 saturated heterocycles. The van der Waals surface area contributed by atoms with Crippen molar-refractivity contribution < 1.29 is 13.2 Å². The number of hydrogen-bond donors (Lipinski definition) is 2. The lowest BCUT2D eigenvalue weighted by atomic mass is 9.92. The van der Waals surface area contributed by atoms with Gasteiger partial charge in [-0.25, -0.2) is 13.1 Å². The summed E-state index contributed by atoms with van der Waals surface area (Å²) in [5.41, 5.74) is 0.510. The Morgan fingerprint density at radius 2 is 1.71 bits per heavy atom. The average Bonchev–Trinajstić information content (AvgIpc) is 2.34. The molecule has 0 aliphatic carbocycles. The summed E-state index contributed by atoms with van der Waals surface area (Å²) in [6, 6.07) is 6.18. The van der Waals surface area contributed by atoms with Crippen LogP contribution >= 0.6 is 0 Å². The summed E-state index contributed by atoms with van der Waals surface area (Å²) >= 11 is 0. The van der Waals surface area contributed by atoms with Crippen LogP contribution < -0.4 is 10.0 Å². The zero-order valence-electron chi connectivity index (χ0n) is 13.1. The van der Waals surface area contributed by atoms with E-state index in [2.05, 4.69) is 10.0 Å². The van der Waals surface area contributed by atoms with Crippen LogP contribution in [0.4, 0.5) is 5.69 Å². The third-order valence-electron chi connectivity index (χ3n) is 2.68. The molecule has 0 radical (unpaired) electrons. The van der Waals surface area contributed by atoms with Gasteiger partial charge in [0, 0.05) is 18.7 Å². The Labute approximate surface area is 127 Å². The van der Waals surface area contributed by atoms with Gasteiger partial charge in [-0.3, -0.25) is 4.79 Å². The van der Waals surface area contributed by atoms with E-state index in [1.807, 2.05) is 27.7 Å². The van der Waals surface area contributed by atoms with E-state index in [0.717, 1.165) is 6.42 Å². The Morgan fingerprint density at radius 1 is 1.14 bits per heavy atom. The van der Waals surface area contributed by atoms with Gasteiger partial charge in [0.15, 0.2) is 0 Å². The van der Waals surface area contributed by atoms with Crippen molar-refractivity contribution >= 4 is 21.6 Å². The monoisotopic (exact) mass is 312 g/mol. The molecule has 0 saturated carbocycles. The number of carbonyl (C=O) groups excluding carboxylic acids is 1. The smallest absolute Gasteiger partial charge is 0.240 e. The number of sulfonamides is 1. The largest absolute Gasteiger partial charge is 0.326 e. The average molecular weight is 312 g/mol. The van der Waals surface area contributed by atoms with E-state index in [1.54, 1.807) is 12.1 Å². The van der Waals surface area contributed by atoms with E-state index < -0.39 is 10.0 Å². The van der Waals surface area contributed by atoms with Gasteiger partial charge >= 0.3 is 0 Å². The highest BCUT2D eigenvalue weighted by Crippen LogP contribution is 2.20. The van der Waals surface area contributed by atoms with Gasteiger partial charge in [0.1, 0.15) is 0 Å². The zero-order chi connectivity index (χ0) is 16.1. The molecule has 2 N–H and O–H groups in total. The lowest BCUT2D eigenvalue weighted by molar-refractivity contribution is -0.117. The van der Waals surface area contributed by atoms with E-state index in [4.69, 9.17) is 0 Å². The van der Waals surface area contributed by atoms with Crippen LogP contribution in [0.1, 0.15) is 40.5 Å². The number of hydrogen-bond acceptors (Lipinski definition) is 3. The summed E-state index contributed by atoms with van der Waals surface area (Å²) in [7, 11) is -3.46. The van der Waals surface area contributed by atoms with Crippen LogP contribution in [0.5, 0.6) is 0 Å². The minimum absolute atomic E-state index is 0.0813. The van der Waals surface area contributed by atoms with Crippen LogP contribution in [0.25, 0.3) is 0 Å². The molecular weight excluding hydrogens is 288 g/mol. The number of amides is 1. The SMILES string of the molecule is CCCNS(=O)(=O)c1ccc(NC(=O)CC(C)(C)C)cc1. The normalized spacial score (nSPS) is 12.2. The van der Waals surface area contributed by atoms with Crippen LogP contribution in [0.3, 0.4) is 0 Å². The quantitative estimate of drug-likeness (QED) is 0.848. The highest BCUT2D eigenvalue weighted by Gasteiger charge is 2.16. The van der Waals surface area contributed by atoms with Gasteiger partial charge < -0.3 is 5.32 Å². The molecule has 0 aliphatic heterocycles. The van der Waals surface area contributed by atoms with Crippen LogP contribution in [-0.2, 0) is 14.8 Å². The molecule has 21 heavy (non-hydrogen) atoms. The standard InChI is InChI=1S/C15H24N2O3S/c1-5-10-16-21(19,20)13-8-6-12(7-9-13)17-14(18)11-15(2,3)4/h6-9,16H,5,10-11H2,1-4H3,(H,17,18). The zero-order valence-corrected chi connectivity index (χ0v) is 13.9. The number of rotatable bonds is 6. The van der Waals surface area contributed by atoms with Crippen LogP contribution in [-0.4, -0.2) is 20.9 Å². The fourth-order valence-corrected chi connectivity index (χ4v) is 2.86. The summed E-state index contributed by atoms with van der Waals surface area (Å²) in [5, 5.41) is 2.77. The molecule has 0 unspecified atom stereocenters. The summed E-state index contributed by atoms with van der Waals surface area (Å²) in [4.78, 5) is 12.0. The molecule has 1 rings (SSSR count). The van der Waals surface area contributed by atoms with Gasteiger partial charge in [-0.2, -0.15) is 0 Å². The summed E-state index contributed by atoms with van der Waals surface area (Å²) < 4.78 is 26.3. The first-order valence-corrected chi connectivity index (χ1v) is 8.52. The third-order valence-corrected chi connectivity index (χ3v) is 4.16. The van der Waals surface area contributed by atoms with E-state index in [9.17, 15) is 13.2 Å². The molecule has 0 atom stereocenters. The third kappa shape index (κ3) is 6.27. The predicted octanol–water partition coefficient (Wildman–Crippen LogP) is 2.75. The highest BCUT2D eigenvalue weighted by molar-refractivity contribution is 7.89. The first-order chi connectivity index (χ1) is 9.64. The van der Waals surface area contributed by atoms with Crippen LogP contribution in [0.15, 0.2) is 29.2 Å². The molecule has 118 valence electrons.